The highest BCUT2D eigenvalue weighted by Crippen LogP contribution is 2.08. The fraction of sp³-hybridized carbons (Fsp3) is 0.100. The molecule has 0 saturated heterocycles. The van der Waals surface area contributed by atoms with Crippen molar-refractivity contribution in [3.63, 3.8) is 0 Å². The normalized spacial score (nSPS) is 8.76. The molecule has 0 aliphatic heterocycles. The van der Waals surface area contributed by atoms with Crippen LogP contribution >= 0.6 is 0 Å². The number of hydrogen-bond acceptors (Lipinski definition) is 3. The van der Waals surface area contributed by atoms with Gasteiger partial charge in [-0.15, -0.1) is 0 Å². The Morgan fingerprint density at radius 1 is 1.12 bits per heavy atom. The Morgan fingerprint density at radius 3 is 1.88 bits per heavy atom. The van der Waals surface area contributed by atoms with E-state index in [-0.39, 0.29) is 5.56 Å². The number of aliphatic carboxylic acids is 2. The van der Waals surface area contributed by atoms with Crippen LogP contribution in [0.15, 0.2) is 24.3 Å². The fourth-order valence-corrected chi connectivity index (χ4v) is 0.877. The Bertz CT molecular complexity index is 420. The van der Waals surface area contributed by atoms with Gasteiger partial charge in [0.15, 0.2) is 0 Å². The second-order valence-corrected chi connectivity index (χ2v) is 2.77. The van der Waals surface area contributed by atoms with E-state index in [1.54, 1.807) is 18.2 Å². The number of carboxylic acid groups (broad SMARTS) is 2. The maximum Gasteiger partial charge on any atom is 0.414 e. The minimum absolute atomic E-state index is 0.259. The summed E-state index contributed by atoms with van der Waals surface area (Å²) in [5, 5.41) is 14.8. The SMILES string of the molecule is NC(=O)c1ccccc1CF.O=C(O)C(=O)O. The molecule has 1 amide bonds. The van der Waals surface area contributed by atoms with E-state index in [9.17, 15) is 9.18 Å². The zero-order valence-corrected chi connectivity index (χ0v) is 8.59. The number of rotatable bonds is 2. The van der Waals surface area contributed by atoms with Crippen LogP contribution in [0.3, 0.4) is 0 Å². The van der Waals surface area contributed by atoms with Gasteiger partial charge in [0.1, 0.15) is 6.67 Å². The van der Waals surface area contributed by atoms with E-state index >= 15 is 0 Å². The molecule has 0 spiro atoms. The molecule has 1 aromatic rings. The molecule has 4 N–H and O–H groups in total. The number of hydrogen-bond donors (Lipinski definition) is 3. The van der Waals surface area contributed by atoms with Crippen molar-refractivity contribution in [3.05, 3.63) is 35.4 Å². The first kappa shape index (κ1) is 14.6. The summed E-state index contributed by atoms with van der Waals surface area (Å²) in [4.78, 5) is 28.8. The first-order chi connectivity index (χ1) is 7.90. The maximum absolute atomic E-state index is 12.1. The van der Waals surface area contributed by atoms with Gasteiger partial charge in [0.2, 0.25) is 5.91 Å². The molecule has 0 aliphatic carbocycles. The van der Waals surface area contributed by atoms with Gasteiger partial charge in [0.25, 0.3) is 0 Å². The van der Waals surface area contributed by atoms with Crippen LogP contribution < -0.4 is 5.73 Å². The molecule has 1 aromatic carbocycles. The van der Waals surface area contributed by atoms with E-state index in [4.69, 9.17) is 25.5 Å². The predicted molar refractivity (Wildman–Crippen MR) is 55.0 cm³/mol. The Kier molecular flexibility index (Phi) is 5.94. The van der Waals surface area contributed by atoms with Crippen molar-refractivity contribution >= 4 is 17.8 Å². The molecule has 6 nitrogen and oxygen atoms in total. The molecule has 0 atom stereocenters. The highest BCUT2D eigenvalue weighted by molar-refractivity contribution is 6.27. The van der Waals surface area contributed by atoms with Crippen molar-refractivity contribution in [3.8, 4) is 0 Å². The lowest BCUT2D eigenvalue weighted by Gasteiger charge is -1.99. The van der Waals surface area contributed by atoms with Crippen LogP contribution in [0.4, 0.5) is 4.39 Å². The monoisotopic (exact) mass is 243 g/mol. The Labute approximate surface area is 95.5 Å². The lowest BCUT2D eigenvalue weighted by Crippen LogP contribution is -2.12. The molecule has 0 radical (unpaired) electrons. The molecule has 17 heavy (non-hydrogen) atoms. The van der Waals surface area contributed by atoms with E-state index in [0.717, 1.165) is 0 Å². The summed E-state index contributed by atoms with van der Waals surface area (Å²) >= 11 is 0. The molecule has 0 unspecified atom stereocenters. The van der Waals surface area contributed by atoms with E-state index in [2.05, 4.69) is 0 Å². The van der Waals surface area contributed by atoms with E-state index < -0.39 is 24.5 Å². The van der Waals surface area contributed by atoms with Crippen LogP contribution in [0.2, 0.25) is 0 Å². The van der Waals surface area contributed by atoms with Crippen LogP contribution in [0, 0.1) is 0 Å². The number of carboxylic acids is 2. The predicted octanol–water partition coefficient (Wildman–Crippen LogP) is 0.411. The second-order valence-electron chi connectivity index (χ2n) is 2.77. The largest absolute Gasteiger partial charge is 0.473 e. The molecule has 1 rings (SSSR count). The smallest absolute Gasteiger partial charge is 0.414 e. The first-order valence-electron chi connectivity index (χ1n) is 4.30. The van der Waals surface area contributed by atoms with Crippen LogP contribution in [0.25, 0.3) is 0 Å². The lowest BCUT2D eigenvalue weighted by atomic mass is 10.1. The van der Waals surface area contributed by atoms with Crippen molar-refractivity contribution < 1.29 is 29.0 Å². The number of halogens is 1. The Hall–Kier alpha value is -2.44. The minimum Gasteiger partial charge on any atom is -0.473 e. The van der Waals surface area contributed by atoms with Gasteiger partial charge in [-0.2, -0.15) is 0 Å². The molecule has 0 aliphatic rings. The third-order valence-corrected chi connectivity index (χ3v) is 1.61. The van der Waals surface area contributed by atoms with Gasteiger partial charge in [-0.05, 0) is 11.6 Å². The standard InChI is InChI=1S/C8H8FNO.C2H2O4/c9-5-6-3-1-2-4-7(6)8(10)11;3-1(4)2(5)6/h1-4H,5H2,(H2,10,11);(H,3,4)(H,5,6). The van der Waals surface area contributed by atoms with Gasteiger partial charge in [-0.3, -0.25) is 4.79 Å². The van der Waals surface area contributed by atoms with Crippen LogP contribution in [-0.2, 0) is 16.3 Å². The molecular weight excluding hydrogens is 233 g/mol. The third kappa shape index (κ3) is 5.26. The summed E-state index contributed by atoms with van der Waals surface area (Å²) in [6.07, 6.45) is 0. The van der Waals surface area contributed by atoms with E-state index in [1.165, 1.54) is 6.07 Å². The molecule has 0 bridgehead atoms. The number of nitrogens with two attached hydrogens (primary N) is 1. The summed E-state index contributed by atoms with van der Waals surface area (Å²) in [6.45, 7) is -0.654. The molecule has 7 heteroatoms. The lowest BCUT2D eigenvalue weighted by molar-refractivity contribution is -0.159. The van der Waals surface area contributed by atoms with Gasteiger partial charge in [-0.25, -0.2) is 14.0 Å². The van der Waals surface area contributed by atoms with Crippen LogP contribution in [0.5, 0.6) is 0 Å². The number of alkyl halides is 1. The second kappa shape index (κ2) is 6.94. The van der Waals surface area contributed by atoms with Crippen LogP contribution in [0.1, 0.15) is 15.9 Å². The van der Waals surface area contributed by atoms with Crippen molar-refractivity contribution in [1.82, 2.24) is 0 Å². The molecule has 92 valence electrons. The Balaban J connectivity index is 0.000000366. The summed E-state index contributed by atoms with van der Waals surface area (Å²) in [7, 11) is 0. The van der Waals surface area contributed by atoms with Crippen molar-refractivity contribution in [1.29, 1.82) is 0 Å². The topological polar surface area (TPSA) is 118 Å². The van der Waals surface area contributed by atoms with Crippen molar-refractivity contribution in [2.24, 2.45) is 5.73 Å². The number of benzene rings is 1. The summed E-state index contributed by atoms with van der Waals surface area (Å²) in [5.74, 6) is -4.23. The fourth-order valence-electron chi connectivity index (χ4n) is 0.877. The van der Waals surface area contributed by atoms with Gasteiger partial charge >= 0.3 is 11.9 Å². The quantitative estimate of drug-likeness (QED) is 0.650. The Morgan fingerprint density at radius 2 is 1.59 bits per heavy atom. The minimum atomic E-state index is -1.82. The van der Waals surface area contributed by atoms with E-state index in [0.29, 0.717) is 5.56 Å². The van der Waals surface area contributed by atoms with Gasteiger partial charge in [0, 0.05) is 5.56 Å². The average molecular weight is 243 g/mol. The molecule has 0 saturated carbocycles. The maximum atomic E-state index is 12.1. The average Bonchev–Trinajstić information content (AvgIpc) is 2.29. The summed E-state index contributed by atoms with van der Waals surface area (Å²) < 4.78 is 12.1. The molecule has 0 aromatic heterocycles. The zero-order valence-electron chi connectivity index (χ0n) is 8.59. The summed E-state index contributed by atoms with van der Waals surface area (Å²) in [6, 6.07) is 6.37. The van der Waals surface area contributed by atoms with Gasteiger partial charge < -0.3 is 15.9 Å². The number of carbonyl (C=O) groups is 3. The molecule has 0 heterocycles. The van der Waals surface area contributed by atoms with Crippen molar-refractivity contribution in [2.45, 2.75) is 6.67 Å². The number of carbonyl (C=O) groups excluding carboxylic acids is 1. The number of amides is 1. The third-order valence-electron chi connectivity index (χ3n) is 1.61. The highest BCUT2D eigenvalue weighted by Gasteiger charge is 2.05. The molecule has 0 fully saturated rings. The number of primary amides is 1. The molecular formula is C10H10FNO5. The first-order valence-corrected chi connectivity index (χ1v) is 4.30. The summed E-state index contributed by atoms with van der Waals surface area (Å²) in [5.41, 5.74) is 5.59. The highest BCUT2D eigenvalue weighted by atomic mass is 19.1. The van der Waals surface area contributed by atoms with Crippen LogP contribution in [-0.4, -0.2) is 28.1 Å². The zero-order chi connectivity index (χ0) is 13.4. The van der Waals surface area contributed by atoms with Crippen molar-refractivity contribution in [2.75, 3.05) is 0 Å². The van der Waals surface area contributed by atoms with Gasteiger partial charge in [-0.1, -0.05) is 18.2 Å². The van der Waals surface area contributed by atoms with E-state index in [1.807, 2.05) is 0 Å². The van der Waals surface area contributed by atoms with Gasteiger partial charge in [0.05, 0.1) is 0 Å².